The molecule has 10 heteroatoms. The molecule has 4 rings (SSSR count). The van der Waals surface area contributed by atoms with Crippen molar-refractivity contribution in [3.05, 3.63) is 107 Å². The first-order chi connectivity index (χ1) is 17.9. The largest absolute Gasteiger partial charge is 0.478 e. The summed E-state index contributed by atoms with van der Waals surface area (Å²) in [5.41, 5.74) is 2.91. The lowest BCUT2D eigenvalue weighted by atomic mass is 10.1. The van der Waals surface area contributed by atoms with Crippen LogP contribution in [-0.2, 0) is 14.4 Å². The molecule has 0 aliphatic rings. The highest BCUT2D eigenvalue weighted by Gasteiger charge is 2.23. The lowest BCUT2D eigenvalue weighted by Crippen LogP contribution is -2.19. The summed E-state index contributed by atoms with van der Waals surface area (Å²) < 4.78 is 0. The molecule has 1 atom stereocenters. The summed E-state index contributed by atoms with van der Waals surface area (Å²) in [5.74, 6) is -2.02. The highest BCUT2D eigenvalue weighted by molar-refractivity contribution is 8.00. The number of carbonyl (C=O) groups is 3. The van der Waals surface area contributed by atoms with E-state index in [1.54, 1.807) is 30.3 Å². The number of carboxylic acids is 1. The number of aromatic nitrogens is 1. The fraction of sp³-hybridized carbons (Fsp3) is 0.0370. The maximum Gasteiger partial charge on any atom is 0.328 e. The second-order valence-electron chi connectivity index (χ2n) is 7.63. The third kappa shape index (κ3) is 7.53. The lowest BCUT2D eigenvalue weighted by molar-refractivity contribution is -0.131. The number of amides is 2. The predicted octanol–water partition coefficient (Wildman–Crippen LogP) is 6.51. The van der Waals surface area contributed by atoms with Crippen molar-refractivity contribution in [2.24, 2.45) is 0 Å². The van der Waals surface area contributed by atoms with Crippen molar-refractivity contribution >= 4 is 63.3 Å². The van der Waals surface area contributed by atoms with Crippen LogP contribution < -0.4 is 10.6 Å². The molecule has 0 saturated heterocycles. The molecule has 7 nitrogen and oxygen atoms in total. The van der Waals surface area contributed by atoms with Crippen molar-refractivity contribution in [1.82, 2.24) is 4.98 Å². The Hall–Kier alpha value is -3.92. The molecule has 1 aromatic heterocycles. The topological polar surface area (TPSA) is 108 Å². The Balaban J connectivity index is 1.51. The van der Waals surface area contributed by atoms with Gasteiger partial charge in [-0.2, -0.15) is 0 Å². The Morgan fingerprint density at radius 3 is 2.43 bits per heavy atom. The highest BCUT2D eigenvalue weighted by Crippen LogP contribution is 2.37. The number of carbonyl (C=O) groups excluding carboxylic acids is 2. The van der Waals surface area contributed by atoms with Crippen LogP contribution in [0.1, 0.15) is 10.8 Å². The molecule has 3 aromatic carbocycles. The zero-order valence-electron chi connectivity index (χ0n) is 19.1. The van der Waals surface area contributed by atoms with Crippen molar-refractivity contribution in [2.45, 2.75) is 10.1 Å². The number of hydrogen-bond donors (Lipinski definition) is 3. The number of nitrogens with zero attached hydrogens (tertiary/aromatic N) is 1. The van der Waals surface area contributed by atoms with Gasteiger partial charge < -0.3 is 15.7 Å². The summed E-state index contributed by atoms with van der Waals surface area (Å²) in [6.45, 7) is 0. The van der Waals surface area contributed by atoms with Crippen molar-refractivity contribution in [3.8, 4) is 11.3 Å². The minimum absolute atomic E-state index is 0.243. The molecule has 0 aliphatic carbocycles. The van der Waals surface area contributed by atoms with E-state index >= 15 is 0 Å². The van der Waals surface area contributed by atoms with Gasteiger partial charge in [0.1, 0.15) is 5.25 Å². The summed E-state index contributed by atoms with van der Waals surface area (Å²) in [4.78, 5) is 41.3. The first-order valence-electron chi connectivity index (χ1n) is 10.9. The van der Waals surface area contributed by atoms with Crippen LogP contribution >= 0.6 is 34.7 Å². The zero-order chi connectivity index (χ0) is 26.2. The molecule has 0 radical (unpaired) electrons. The molecule has 0 spiro atoms. The number of halogens is 1. The molecule has 1 heterocycles. The van der Waals surface area contributed by atoms with Gasteiger partial charge in [-0.1, -0.05) is 60.1 Å². The van der Waals surface area contributed by atoms with E-state index in [1.165, 1.54) is 23.1 Å². The standard InChI is InChI=1S/C27H20ClN3O4S2/c28-19-11-9-17(10-12-19)22-16-36-27(30-22)31-26(35)25(18-5-2-1-3-6-18)37-21-8-4-7-20(15-21)29-23(32)13-14-24(33)34/h1-16,25H,(H,29,32)(H,33,34)(H,30,31,35)/b14-13+. The first-order valence-corrected chi connectivity index (χ1v) is 13.1. The van der Waals surface area contributed by atoms with E-state index < -0.39 is 17.1 Å². The van der Waals surface area contributed by atoms with E-state index in [-0.39, 0.29) is 5.91 Å². The van der Waals surface area contributed by atoms with Gasteiger partial charge in [0, 0.05) is 38.7 Å². The number of thioether (sulfide) groups is 1. The molecule has 1 unspecified atom stereocenters. The van der Waals surface area contributed by atoms with Crippen molar-refractivity contribution in [3.63, 3.8) is 0 Å². The molecular weight excluding hydrogens is 530 g/mol. The van der Waals surface area contributed by atoms with Gasteiger partial charge in [-0.05, 0) is 35.9 Å². The van der Waals surface area contributed by atoms with Gasteiger partial charge >= 0.3 is 5.97 Å². The average Bonchev–Trinajstić information content (AvgIpc) is 3.35. The summed E-state index contributed by atoms with van der Waals surface area (Å²) >= 11 is 8.62. The fourth-order valence-electron chi connectivity index (χ4n) is 3.27. The third-order valence-electron chi connectivity index (χ3n) is 4.95. The number of rotatable bonds is 9. The molecule has 3 N–H and O–H groups in total. The third-order valence-corrected chi connectivity index (χ3v) is 7.21. The minimum atomic E-state index is -1.21. The molecular formula is C27H20ClN3O4S2. The van der Waals surface area contributed by atoms with Crippen LogP contribution in [0, 0.1) is 0 Å². The maximum atomic E-state index is 13.4. The molecule has 0 bridgehead atoms. The Morgan fingerprint density at radius 2 is 1.70 bits per heavy atom. The van der Waals surface area contributed by atoms with Gasteiger partial charge in [0.2, 0.25) is 11.8 Å². The normalized spacial score (nSPS) is 11.7. The van der Waals surface area contributed by atoms with Gasteiger partial charge in [0.25, 0.3) is 0 Å². The smallest absolute Gasteiger partial charge is 0.328 e. The second kappa shape index (κ2) is 12.4. The van der Waals surface area contributed by atoms with Gasteiger partial charge in [-0.15, -0.1) is 23.1 Å². The summed E-state index contributed by atoms with van der Waals surface area (Å²) in [7, 11) is 0. The SMILES string of the molecule is O=C(O)/C=C/C(=O)Nc1cccc(SC(C(=O)Nc2nc(-c3ccc(Cl)cc3)cs2)c2ccccc2)c1. The van der Waals surface area contributed by atoms with Crippen LogP contribution in [0.4, 0.5) is 10.8 Å². The first kappa shape index (κ1) is 26.2. The van der Waals surface area contributed by atoms with Crippen LogP contribution in [0.2, 0.25) is 5.02 Å². The van der Waals surface area contributed by atoms with E-state index in [9.17, 15) is 14.4 Å². The highest BCUT2D eigenvalue weighted by atomic mass is 35.5. The summed E-state index contributed by atoms with van der Waals surface area (Å²) in [6.07, 6.45) is 1.70. The molecule has 2 amide bonds. The Labute approximate surface area is 226 Å². The number of thiazole rings is 1. The molecule has 0 saturated carbocycles. The fourth-order valence-corrected chi connectivity index (χ4v) is 5.20. The van der Waals surface area contributed by atoms with E-state index in [2.05, 4.69) is 15.6 Å². The predicted molar refractivity (Wildman–Crippen MR) is 148 cm³/mol. The van der Waals surface area contributed by atoms with Crippen molar-refractivity contribution in [2.75, 3.05) is 10.6 Å². The number of benzene rings is 3. The number of aliphatic carboxylic acids is 1. The number of anilines is 2. The number of nitrogens with one attached hydrogen (secondary N) is 2. The Bertz CT molecular complexity index is 1440. The lowest BCUT2D eigenvalue weighted by Gasteiger charge is -2.17. The molecule has 4 aromatic rings. The van der Waals surface area contributed by atoms with E-state index in [1.807, 2.05) is 53.9 Å². The molecule has 37 heavy (non-hydrogen) atoms. The van der Waals surface area contributed by atoms with E-state index in [0.29, 0.717) is 15.8 Å². The second-order valence-corrected chi connectivity index (χ2v) is 10.1. The van der Waals surface area contributed by atoms with Crippen LogP contribution in [0.5, 0.6) is 0 Å². The van der Waals surface area contributed by atoms with Crippen LogP contribution in [0.15, 0.2) is 101 Å². The quantitative estimate of drug-likeness (QED) is 0.162. The molecule has 0 fully saturated rings. The van der Waals surface area contributed by atoms with Crippen LogP contribution in [-0.4, -0.2) is 27.9 Å². The molecule has 0 aliphatic heterocycles. The van der Waals surface area contributed by atoms with Gasteiger partial charge in [0.15, 0.2) is 5.13 Å². The van der Waals surface area contributed by atoms with Crippen molar-refractivity contribution < 1.29 is 19.5 Å². The Kier molecular flexibility index (Phi) is 8.73. The zero-order valence-corrected chi connectivity index (χ0v) is 21.5. The number of carboxylic acid groups (broad SMARTS) is 1. The van der Waals surface area contributed by atoms with Gasteiger partial charge in [-0.25, -0.2) is 9.78 Å². The van der Waals surface area contributed by atoms with E-state index in [4.69, 9.17) is 16.7 Å². The van der Waals surface area contributed by atoms with Crippen LogP contribution in [0.3, 0.4) is 0 Å². The van der Waals surface area contributed by atoms with Crippen LogP contribution in [0.25, 0.3) is 11.3 Å². The molecule has 186 valence electrons. The van der Waals surface area contributed by atoms with E-state index in [0.717, 1.165) is 33.9 Å². The number of hydrogen-bond acceptors (Lipinski definition) is 6. The van der Waals surface area contributed by atoms with Gasteiger partial charge in [-0.3, -0.25) is 9.59 Å². The van der Waals surface area contributed by atoms with Crippen molar-refractivity contribution in [1.29, 1.82) is 0 Å². The van der Waals surface area contributed by atoms with Gasteiger partial charge in [0.05, 0.1) is 5.69 Å². The average molecular weight is 550 g/mol. The summed E-state index contributed by atoms with van der Waals surface area (Å²) in [6, 6.07) is 23.7. The minimum Gasteiger partial charge on any atom is -0.478 e. The monoisotopic (exact) mass is 549 g/mol. The maximum absolute atomic E-state index is 13.4. The summed E-state index contributed by atoms with van der Waals surface area (Å²) in [5, 5.41) is 16.6. The Morgan fingerprint density at radius 1 is 0.946 bits per heavy atom.